The zero-order valence-electron chi connectivity index (χ0n) is 18.5. The van der Waals surface area contributed by atoms with Crippen LogP contribution < -0.4 is 4.80 Å². The molecule has 9 nitrogen and oxygen atoms in total. The largest absolute Gasteiger partial charge is 0.465 e. The molecule has 1 saturated heterocycles. The Balaban J connectivity index is 1.66. The number of nitrogens with zero attached hydrogens (tertiary/aromatic N) is 3. The van der Waals surface area contributed by atoms with E-state index in [0.29, 0.717) is 43.2 Å². The Morgan fingerprint density at radius 3 is 2.47 bits per heavy atom. The van der Waals surface area contributed by atoms with Crippen LogP contribution in [0, 0.1) is 0 Å². The Labute approximate surface area is 200 Å². The number of carbonyl (C=O) groups excluding carboxylic acids is 2. The summed E-state index contributed by atoms with van der Waals surface area (Å²) in [5.41, 5.74) is 1.46. The van der Waals surface area contributed by atoms with Crippen molar-refractivity contribution in [1.82, 2.24) is 8.87 Å². The van der Waals surface area contributed by atoms with Crippen molar-refractivity contribution in [3.63, 3.8) is 0 Å². The van der Waals surface area contributed by atoms with E-state index >= 15 is 0 Å². The number of amides is 1. The molecule has 34 heavy (non-hydrogen) atoms. The number of rotatable bonds is 6. The van der Waals surface area contributed by atoms with Gasteiger partial charge in [0, 0.05) is 25.2 Å². The van der Waals surface area contributed by atoms with Crippen LogP contribution in [0.5, 0.6) is 0 Å². The highest BCUT2D eigenvalue weighted by atomic mass is 32.2. The highest BCUT2D eigenvalue weighted by molar-refractivity contribution is 7.89. The van der Waals surface area contributed by atoms with Gasteiger partial charge in [-0.3, -0.25) is 4.79 Å². The molecule has 0 radical (unpaired) electrons. The van der Waals surface area contributed by atoms with E-state index < -0.39 is 21.9 Å². The van der Waals surface area contributed by atoms with Gasteiger partial charge in [0.15, 0.2) is 4.80 Å². The molecule has 0 unspecified atom stereocenters. The Hall–Kier alpha value is -3.12. The summed E-state index contributed by atoms with van der Waals surface area (Å²) in [6, 6.07) is 10.9. The lowest BCUT2D eigenvalue weighted by Gasteiger charge is -2.26. The molecule has 2 aromatic carbocycles. The van der Waals surface area contributed by atoms with Gasteiger partial charge < -0.3 is 14.0 Å². The van der Waals surface area contributed by atoms with E-state index in [1.165, 1.54) is 47.0 Å². The average Bonchev–Trinajstić information content (AvgIpc) is 3.20. The number of ether oxygens (including phenoxy) is 2. The number of fused-ring (bicyclic) bond motifs is 1. The molecule has 0 saturated carbocycles. The Morgan fingerprint density at radius 2 is 1.82 bits per heavy atom. The summed E-state index contributed by atoms with van der Waals surface area (Å²) in [6.45, 7) is 5.49. The summed E-state index contributed by atoms with van der Waals surface area (Å²) in [7, 11) is -2.33. The molecule has 0 spiro atoms. The van der Waals surface area contributed by atoms with E-state index in [4.69, 9.17) is 9.47 Å². The van der Waals surface area contributed by atoms with Crippen molar-refractivity contribution in [3.05, 3.63) is 71.0 Å². The van der Waals surface area contributed by atoms with Gasteiger partial charge in [-0.1, -0.05) is 17.4 Å². The highest BCUT2D eigenvalue weighted by Gasteiger charge is 2.26. The van der Waals surface area contributed by atoms with Crippen molar-refractivity contribution in [2.45, 2.75) is 11.4 Å². The van der Waals surface area contributed by atoms with Crippen LogP contribution in [-0.4, -0.2) is 62.6 Å². The molecular formula is C23H23N3O6S2. The molecule has 0 bridgehead atoms. The van der Waals surface area contributed by atoms with Gasteiger partial charge in [-0.15, -0.1) is 6.58 Å². The molecule has 1 fully saturated rings. The molecule has 3 aromatic rings. The molecular weight excluding hydrogens is 478 g/mol. The fourth-order valence-electron chi connectivity index (χ4n) is 3.57. The number of aromatic nitrogens is 1. The molecule has 1 aliphatic heterocycles. The van der Waals surface area contributed by atoms with Crippen molar-refractivity contribution in [2.24, 2.45) is 4.99 Å². The van der Waals surface area contributed by atoms with Crippen LogP contribution in [0.1, 0.15) is 20.7 Å². The standard InChI is InChI=1S/C23H23N3O6S2/c1-3-10-26-19-9-6-17(22(28)31-2)15-20(19)33-23(26)24-21(27)16-4-7-18(8-5-16)34(29,30)25-11-13-32-14-12-25/h3-9,15H,1,10-14H2,2H3. The van der Waals surface area contributed by atoms with Gasteiger partial charge in [0.1, 0.15) is 0 Å². The van der Waals surface area contributed by atoms with Gasteiger partial charge in [-0.05, 0) is 42.5 Å². The third-order valence-electron chi connectivity index (χ3n) is 5.32. The number of hydrogen-bond donors (Lipinski definition) is 0. The van der Waals surface area contributed by atoms with Crippen molar-refractivity contribution in [3.8, 4) is 0 Å². The smallest absolute Gasteiger partial charge is 0.337 e. The molecule has 0 N–H and O–H groups in total. The number of esters is 1. The van der Waals surface area contributed by atoms with Crippen LogP contribution in [0.15, 0.2) is 65.0 Å². The van der Waals surface area contributed by atoms with Gasteiger partial charge in [-0.2, -0.15) is 9.30 Å². The highest BCUT2D eigenvalue weighted by Crippen LogP contribution is 2.21. The minimum absolute atomic E-state index is 0.116. The number of hydrogen-bond acceptors (Lipinski definition) is 7. The van der Waals surface area contributed by atoms with E-state index in [9.17, 15) is 18.0 Å². The van der Waals surface area contributed by atoms with Crippen molar-refractivity contribution in [1.29, 1.82) is 0 Å². The Kier molecular flexibility index (Phi) is 7.08. The second-order valence-electron chi connectivity index (χ2n) is 7.42. The van der Waals surface area contributed by atoms with Gasteiger partial charge in [0.2, 0.25) is 10.0 Å². The molecule has 0 aliphatic carbocycles. The molecule has 11 heteroatoms. The first-order chi connectivity index (χ1) is 16.3. The number of methoxy groups -OCH3 is 1. The number of sulfonamides is 1. The topological polar surface area (TPSA) is 107 Å². The number of thiazole rings is 1. The monoisotopic (exact) mass is 501 g/mol. The minimum Gasteiger partial charge on any atom is -0.465 e. The summed E-state index contributed by atoms with van der Waals surface area (Å²) in [5.74, 6) is -0.958. The molecule has 1 aliphatic rings. The first kappa shape index (κ1) is 24.0. The second kappa shape index (κ2) is 10.0. The Bertz CT molecular complexity index is 1420. The first-order valence-electron chi connectivity index (χ1n) is 10.4. The fraction of sp³-hybridized carbons (Fsp3) is 0.261. The molecule has 1 amide bonds. The third-order valence-corrected chi connectivity index (χ3v) is 8.28. The normalized spacial score (nSPS) is 15.4. The third kappa shape index (κ3) is 4.73. The summed E-state index contributed by atoms with van der Waals surface area (Å²) in [6.07, 6.45) is 1.69. The fourth-order valence-corrected chi connectivity index (χ4v) is 6.05. The molecule has 0 atom stereocenters. The zero-order chi connectivity index (χ0) is 24.3. The molecule has 1 aromatic heterocycles. The molecule has 178 valence electrons. The number of carbonyl (C=O) groups is 2. The van der Waals surface area contributed by atoms with Gasteiger partial charge in [0.05, 0.1) is 41.0 Å². The van der Waals surface area contributed by atoms with Crippen molar-refractivity contribution < 1.29 is 27.5 Å². The van der Waals surface area contributed by atoms with Crippen molar-refractivity contribution in [2.75, 3.05) is 33.4 Å². The number of allylic oxidation sites excluding steroid dienone is 1. The van der Waals surface area contributed by atoms with E-state index in [0.717, 1.165) is 10.2 Å². The average molecular weight is 502 g/mol. The van der Waals surface area contributed by atoms with E-state index in [-0.39, 0.29) is 10.5 Å². The van der Waals surface area contributed by atoms with Crippen LogP contribution in [-0.2, 0) is 26.0 Å². The van der Waals surface area contributed by atoms with Gasteiger partial charge >= 0.3 is 5.97 Å². The molecule has 4 rings (SSSR count). The SMILES string of the molecule is C=CCn1c(=NC(=O)c2ccc(S(=O)(=O)N3CCOCC3)cc2)sc2cc(C(=O)OC)ccc21. The van der Waals surface area contributed by atoms with E-state index in [1.54, 1.807) is 24.3 Å². The van der Waals surface area contributed by atoms with E-state index in [2.05, 4.69) is 11.6 Å². The summed E-state index contributed by atoms with van der Waals surface area (Å²) < 4.78 is 39.5. The van der Waals surface area contributed by atoms with Gasteiger partial charge in [-0.25, -0.2) is 13.2 Å². The first-order valence-corrected chi connectivity index (χ1v) is 12.7. The zero-order valence-corrected chi connectivity index (χ0v) is 20.1. The van der Waals surface area contributed by atoms with Gasteiger partial charge in [0.25, 0.3) is 5.91 Å². The number of morpholine rings is 1. The van der Waals surface area contributed by atoms with Crippen LogP contribution >= 0.6 is 11.3 Å². The summed E-state index contributed by atoms with van der Waals surface area (Å²) in [4.78, 5) is 29.6. The minimum atomic E-state index is -3.65. The van der Waals surface area contributed by atoms with Crippen LogP contribution in [0.4, 0.5) is 0 Å². The second-order valence-corrected chi connectivity index (χ2v) is 10.4. The predicted octanol–water partition coefficient (Wildman–Crippen LogP) is 2.44. The maximum atomic E-state index is 12.9. The lowest BCUT2D eigenvalue weighted by molar-refractivity contribution is 0.0600. The summed E-state index contributed by atoms with van der Waals surface area (Å²) >= 11 is 1.26. The lowest BCUT2D eigenvalue weighted by Crippen LogP contribution is -2.40. The molecule has 2 heterocycles. The maximum absolute atomic E-state index is 12.9. The quantitative estimate of drug-likeness (QED) is 0.379. The predicted molar refractivity (Wildman–Crippen MR) is 127 cm³/mol. The lowest BCUT2D eigenvalue weighted by atomic mass is 10.2. The van der Waals surface area contributed by atoms with E-state index in [1.807, 2.05) is 4.57 Å². The van der Waals surface area contributed by atoms with Crippen LogP contribution in [0.3, 0.4) is 0 Å². The number of benzene rings is 2. The van der Waals surface area contributed by atoms with Crippen LogP contribution in [0.25, 0.3) is 10.2 Å². The van der Waals surface area contributed by atoms with Crippen LogP contribution in [0.2, 0.25) is 0 Å². The van der Waals surface area contributed by atoms with Crippen molar-refractivity contribution >= 4 is 43.5 Å². The Morgan fingerprint density at radius 1 is 1.15 bits per heavy atom. The maximum Gasteiger partial charge on any atom is 0.337 e. The summed E-state index contributed by atoms with van der Waals surface area (Å²) in [5, 5.41) is 0.